The van der Waals surface area contributed by atoms with E-state index in [-0.39, 0.29) is 23.7 Å². The number of aliphatic imine (C=N–C) groups is 1. The number of para-hydroxylation sites is 1. The Morgan fingerprint density at radius 2 is 1.28 bits per heavy atom. The third-order valence-corrected chi connectivity index (χ3v) is 3.89. The third kappa shape index (κ3) is 4.38. The van der Waals surface area contributed by atoms with Crippen LogP contribution in [0.2, 0.25) is 0 Å². The summed E-state index contributed by atoms with van der Waals surface area (Å²) in [5.41, 5.74) is -4.61. The van der Waals surface area contributed by atoms with Crippen molar-refractivity contribution in [3.8, 4) is 0 Å². The molecule has 0 aliphatic carbocycles. The van der Waals surface area contributed by atoms with Crippen molar-refractivity contribution in [2.45, 2.75) is 18.5 Å². The molecule has 11 heteroatoms. The molecule has 1 heterocycles. The van der Waals surface area contributed by atoms with E-state index in [1.807, 2.05) is 0 Å². The van der Waals surface area contributed by atoms with Gasteiger partial charge in [0.15, 0.2) is 0 Å². The first kappa shape index (κ1) is 20.7. The van der Waals surface area contributed by atoms with E-state index in [1.54, 1.807) is 6.07 Å². The number of nitrogens with zero attached hydrogens (tertiary/aromatic N) is 2. The maximum Gasteiger partial charge on any atom is 0.450 e. The number of hydrogen-bond acceptors (Lipinski definition) is 1. The number of aromatic nitrogens is 1. The van der Waals surface area contributed by atoms with Crippen LogP contribution in [-0.4, -0.2) is 16.6 Å². The molecule has 0 saturated carbocycles. The fraction of sp³-hybridized carbons (Fsp3) is 0.167. The second-order valence-corrected chi connectivity index (χ2v) is 5.94. The van der Waals surface area contributed by atoms with Crippen molar-refractivity contribution in [2.24, 2.45) is 4.99 Å². The summed E-state index contributed by atoms with van der Waals surface area (Å²) >= 11 is 0. The molecule has 2 aromatic carbocycles. The number of hydrogen-bond donors (Lipinski definition) is 0. The topological polar surface area (TPSA) is 17.3 Å². The molecule has 0 fully saturated rings. The molecule has 29 heavy (non-hydrogen) atoms. The van der Waals surface area contributed by atoms with Gasteiger partial charge < -0.3 is 0 Å². The normalized spacial score (nSPS) is 13.9. The van der Waals surface area contributed by atoms with Gasteiger partial charge in [-0.3, -0.25) is 4.57 Å². The molecule has 0 N–H and O–H groups in total. The number of halogens is 9. The molecule has 0 spiro atoms. The Kier molecular flexibility index (Phi) is 4.88. The highest BCUT2D eigenvalue weighted by atomic mass is 19.4. The van der Waals surface area contributed by atoms with Crippen LogP contribution in [-0.2, 0) is 12.4 Å². The van der Waals surface area contributed by atoms with Crippen molar-refractivity contribution >= 4 is 22.4 Å². The van der Waals surface area contributed by atoms with Gasteiger partial charge in [0, 0.05) is 6.20 Å². The van der Waals surface area contributed by atoms with Crippen LogP contribution in [0.5, 0.6) is 0 Å². The van der Waals surface area contributed by atoms with Gasteiger partial charge in [0.2, 0.25) is 5.84 Å². The number of benzene rings is 2. The van der Waals surface area contributed by atoms with Gasteiger partial charge in [-0.25, -0.2) is 4.99 Å². The molecular formula is C18H9F9N2. The lowest BCUT2D eigenvalue weighted by Crippen LogP contribution is -2.29. The van der Waals surface area contributed by atoms with Crippen molar-refractivity contribution in [1.29, 1.82) is 0 Å². The summed E-state index contributed by atoms with van der Waals surface area (Å²) in [6.45, 7) is 0. The lowest BCUT2D eigenvalue weighted by Gasteiger charge is -2.15. The zero-order valence-electron chi connectivity index (χ0n) is 14.0. The minimum atomic E-state index is -5.20. The van der Waals surface area contributed by atoms with E-state index in [0.717, 1.165) is 6.20 Å². The Morgan fingerprint density at radius 3 is 1.79 bits per heavy atom. The number of fused-ring (bicyclic) bond motifs is 1. The molecular weight excluding hydrogens is 415 g/mol. The van der Waals surface area contributed by atoms with Crippen LogP contribution in [0.1, 0.15) is 11.1 Å². The molecule has 1 aromatic heterocycles. The summed E-state index contributed by atoms with van der Waals surface area (Å²) in [6.07, 6.45) is -14.6. The van der Waals surface area contributed by atoms with E-state index in [9.17, 15) is 39.5 Å². The highest BCUT2D eigenvalue weighted by Crippen LogP contribution is 2.39. The third-order valence-electron chi connectivity index (χ3n) is 3.89. The van der Waals surface area contributed by atoms with E-state index in [4.69, 9.17) is 0 Å². The predicted octanol–water partition coefficient (Wildman–Crippen LogP) is 6.82. The minimum Gasteiger partial charge on any atom is -0.297 e. The molecule has 2 nitrogen and oxygen atoms in total. The first-order valence-corrected chi connectivity index (χ1v) is 7.78. The van der Waals surface area contributed by atoms with Gasteiger partial charge in [0.05, 0.1) is 22.3 Å². The van der Waals surface area contributed by atoms with Crippen molar-refractivity contribution < 1.29 is 39.5 Å². The van der Waals surface area contributed by atoms with Crippen molar-refractivity contribution in [1.82, 2.24) is 4.57 Å². The number of rotatable bonds is 1. The Hall–Kier alpha value is -2.98. The fourth-order valence-electron chi connectivity index (χ4n) is 2.65. The van der Waals surface area contributed by atoms with Crippen LogP contribution < -0.4 is 0 Å². The maximum absolute atomic E-state index is 13.6. The van der Waals surface area contributed by atoms with Gasteiger partial charge in [-0.1, -0.05) is 18.2 Å². The molecule has 3 aromatic rings. The summed E-state index contributed by atoms with van der Waals surface area (Å²) in [4.78, 5) is 3.13. The smallest absolute Gasteiger partial charge is 0.297 e. The molecule has 154 valence electrons. The van der Waals surface area contributed by atoms with Crippen LogP contribution in [0.15, 0.2) is 59.7 Å². The van der Waals surface area contributed by atoms with E-state index in [2.05, 4.69) is 4.99 Å². The largest absolute Gasteiger partial charge is 0.450 e. The Morgan fingerprint density at radius 1 is 0.724 bits per heavy atom. The van der Waals surface area contributed by atoms with E-state index in [0.29, 0.717) is 9.95 Å². The average Bonchev–Trinajstić information content (AvgIpc) is 3.00. The quantitative estimate of drug-likeness (QED) is 0.232. The molecule has 0 unspecified atom stereocenters. The monoisotopic (exact) mass is 424 g/mol. The zero-order chi connectivity index (χ0) is 21.6. The maximum atomic E-state index is 13.6. The molecule has 0 atom stereocenters. The first-order chi connectivity index (χ1) is 13.3. The number of alkyl halides is 9. The highest BCUT2D eigenvalue weighted by molar-refractivity contribution is 5.99. The fourth-order valence-corrected chi connectivity index (χ4v) is 2.65. The van der Waals surface area contributed by atoms with Crippen LogP contribution in [0, 0.1) is 0 Å². The summed E-state index contributed by atoms with van der Waals surface area (Å²) in [5.74, 6) is -1.67. The Labute approximate surface area is 156 Å². The van der Waals surface area contributed by atoms with Crippen LogP contribution in [0.4, 0.5) is 45.2 Å². The highest BCUT2D eigenvalue weighted by Gasteiger charge is 2.40. The van der Waals surface area contributed by atoms with E-state index < -0.39 is 41.2 Å². The van der Waals surface area contributed by atoms with Gasteiger partial charge >= 0.3 is 18.5 Å². The second kappa shape index (κ2) is 6.82. The molecule has 0 bridgehead atoms. The van der Waals surface area contributed by atoms with Crippen LogP contribution >= 0.6 is 0 Å². The summed E-state index contributed by atoms with van der Waals surface area (Å²) < 4.78 is 119. The summed E-state index contributed by atoms with van der Waals surface area (Å²) in [7, 11) is 0. The van der Waals surface area contributed by atoms with Gasteiger partial charge in [-0.2, -0.15) is 39.5 Å². The van der Waals surface area contributed by atoms with Crippen molar-refractivity contribution in [3.63, 3.8) is 0 Å². The van der Waals surface area contributed by atoms with Gasteiger partial charge in [0.1, 0.15) is 0 Å². The van der Waals surface area contributed by atoms with Crippen LogP contribution in [0.3, 0.4) is 0 Å². The lowest BCUT2D eigenvalue weighted by atomic mass is 10.1. The molecule has 3 rings (SSSR count). The molecule has 0 aliphatic rings. The standard InChI is InChI=1S/C18H9F9N2/c19-16(20,21)11-7-12(17(22,23)24)9-13(8-11)28-15(18(25,26)27)29-6-5-10-3-1-2-4-14(10)29/h1-9H. The Balaban J connectivity index is 2.26. The minimum absolute atomic E-state index is 0.0339. The zero-order valence-corrected chi connectivity index (χ0v) is 14.0. The Bertz CT molecular complexity index is 1040. The molecule has 0 saturated heterocycles. The second-order valence-electron chi connectivity index (χ2n) is 5.94. The molecule has 0 aliphatic heterocycles. The molecule has 0 amide bonds. The van der Waals surface area contributed by atoms with Gasteiger partial charge in [-0.05, 0) is 35.7 Å². The van der Waals surface area contributed by atoms with E-state index in [1.165, 1.54) is 24.3 Å². The summed E-state index contributed by atoms with van der Waals surface area (Å²) in [5, 5.41) is 0.379. The average molecular weight is 424 g/mol. The van der Waals surface area contributed by atoms with Crippen molar-refractivity contribution in [2.75, 3.05) is 0 Å². The van der Waals surface area contributed by atoms with E-state index >= 15 is 0 Å². The predicted molar refractivity (Wildman–Crippen MR) is 86.9 cm³/mol. The SMILES string of the molecule is FC(F)(F)C(=Nc1cc(C(F)(F)F)cc(C(F)(F)F)c1)n1ccc2ccccc21. The molecule has 0 radical (unpaired) electrons. The van der Waals surface area contributed by atoms with Gasteiger partial charge in [-0.15, -0.1) is 0 Å². The van der Waals surface area contributed by atoms with Crippen LogP contribution in [0.25, 0.3) is 10.9 Å². The van der Waals surface area contributed by atoms with Gasteiger partial charge in [0.25, 0.3) is 0 Å². The lowest BCUT2D eigenvalue weighted by molar-refractivity contribution is -0.143. The first-order valence-electron chi connectivity index (χ1n) is 7.78. The van der Waals surface area contributed by atoms with Crippen molar-refractivity contribution in [3.05, 3.63) is 65.9 Å². The summed E-state index contributed by atoms with van der Waals surface area (Å²) in [6, 6.07) is 7.18.